The summed E-state index contributed by atoms with van der Waals surface area (Å²) in [4.78, 5) is 13.3. The monoisotopic (exact) mass is 283 g/mol. The van der Waals surface area contributed by atoms with Gasteiger partial charge in [0.2, 0.25) is 5.91 Å². The molecule has 0 saturated carbocycles. The second-order valence-corrected chi connectivity index (χ2v) is 4.38. The Hall–Kier alpha value is -1.98. The van der Waals surface area contributed by atoms with Crippen molar-refractivity contribution < 1.29 is 13.9 Å². The van der Waals surface area contributed by atoms with E-state index in [-0.39, 0.29) is 23.9 Å². The predicted octanol–water partition coefficient (Wildman–Crippen LogP) is 1.77. The average Bonchev–Trinajstić information content (AvgIpc) is 2.44. The molecule has 0 heterocycles. The number of anilines is 2. The maximum atomic E-state index is 13.7. The van der Waals surface area contributed by atoms with Crippen molar-refractivity contribution in [3.05, 3.63) is 17.9 Å². The molecule has 112 valence electrons. The molecule has 20 heavy (non-hydrogen) atoms. The third-order valence-corrected chi connectivity index (χ3v) is 2.88. The number of carbonyl (C=O) groups is 1. The number of halogens is 1. The minimum absolute atomic E-state index is 0.133. The minimum atomic E-state index is -0.490. The molecule has 6 heteroatoms. The highest BCUT2D eigenvalue weighted by Crippen LogP contribution is 2.31. The van der Waals surface area contributed by atoms with Gasteiger partial charge in [0.25, 0.3) is 0 Å². The number of benzene rings is 1. The van der Waals surface area contributed by atoms with E-state index in [4.69, 9.17) is 10.5 Å². The molecule has 0 saturated heterocycles. The standard InChI is InChI=1S/C14H22FN3O2/c1-4-6-20-13-8-12(11(16)7-10(13)15)18(5-2)9-14(19)17-3/h7-8H,4-6,9,16H2,1-3H3,(H,17,19). The average molecular weight is 283 g/mol. The van der Waals surface area contributed by atoms with Crippen LogP contribution >= 0.6 is 0 Å². The first-order valence-electron chi connectivity index (χ1n) is 6.70. The number of rotatable bonds is 7. The van der Waals surface area contributed by atoms with Crippen LogP contribution in [-0.2, 0) is 4.79 Å². The lowest BCUT2D eigenvalue weighted by Crippen LogP contribution is -2.35. The Kier molecular flexibility index (Phi) is 6.09. The number of carbonyl (C=O) groups excluding carboxylic acids is 1. The summed E-state index contributed by atoms with van der Waals surface area (Å²) in [6.07, 6.45) is 0.787. The number of nitrogen functional groups attached to an aromatic ring is 1. The summed E-state index contributed by atoms with van der Waals surface area (Å²) in [5, 5.41) is 2.55. The van der Waals surface area contributed by atoms with Crippen LogP contribution in [0.3, 0.4) is 0 Å². The molecule has 0 aromatic heterocycles. The summed E-state index contributed by atoms with van der Waals surface area (Å²) >= 11 is 0. The third kappa shape index (κ3) is 4.01. The number of hydrogen-bond acceptors (Lipinski definition) is 4. The second-order valence-electron chi connectivity index (χ2n) is 4.38. The van der Waals surface area contributed by atoms with Gasteiger partial charge in [0.1, 0.15) is 0 Å². The van der Waals surface area contributed by atoms with Crippen LogP contribution in [0.5, 0.6) is 5.75 Å². The van der Waals surface area contributed by atoms with Crippen molar-refractivity contribution in [1.82, 2.24) is 5.32 Å². The Balaban J connectivity index is 3.04. The molecule has 0 aliphatic heterocycles. The fourth-order valence-corrected chi connectivity index (χ4v) is 1.77. The molecular formula is C14H22FN3O2. The molecule has 0 aliphatic carbocycles. The van der Waals surface area contributed by atoms with Gasteiger partial charge in [-0.2, -0.15) is 0 Å². The summed E-state index contributed by atoms with van der Waals surface area (Å²) in [6, 6.07) is 2.78. The highest BCUT2D eigenvalue weighted by atomic mass is 19.1. The molecule has 0 radical (unpaired) electrons. The van der Waals surface area contributed by atoms with Crippen molar-refractivity contribution in [2.75, 3.05) is 37.4 Å². The normalized spacial score (nSPS) is 10.2. The largest absolute Gasteiger partial charge is 0.490 e. The van der Waals surface area contributed by atoms with Gasteiger partial charge >= 0.3 is 0 Å². The first-order chi connectivity index (χ1) is 9.53. The summed E-state index contributed by atoms with van der Waals surface area (Å²) < 4.78 is 19.1. The van der Waals surface area contributed by atoms with Crippen LogP contribution in [0, 0.1) is 5.82 Å². The van der Waals surface area contributed by atoms with Gasteiger partial charge in [0.05, 0.1) is 24.5 Å². The van der Waals surface area contributed by atoms with E-state index in [0.29, 0.717) is 18.8 Å². The van der Waals surface area contributed by atoms with Crippen LogP contribution in [0.1, 0.15) is 20.3 Å². The first kappa shape index (κ1) is 16.1. The fraction of sp³-hybridized carbons (Fsp3) is 0.500. The number of nitrogens with two attached hydrogens (primary N) is 1. The van der Waals surface area contributed by atoms with Gasteiger partial charge in [-0.15, -0.1) is 0 Å². The van der Waals surface area contributed by atoms with Crippen molar-refractivity contribution in [2.45, 2.75) is 20.3 Å². The van der Waals surface area contributed by atoms with Gasteiger partial charge < -0.3 is 20.7 Å². The molecule has 0 bridgehead atoms. The molecule has 0 aliphatic rings. The van der Waals surface area contributed by atoms with Crippen molar-refractivity contribution in [1.29, 1.82) is 0 Å². The number of nitrogens with one attached hydrogen (secondary N) is 1. The quantitative estimate of drug-likeness (QED) is 0.748. The minimum Gasteiger partial charge on any atom is -0.490 e. The zero-order valence-electron chi connectivity index (χ0n) is 12.2. The topological polar surface area (TPSA) is 67.6 Å². The smallest absolute Gasteiger partial charge is 0.239 e. The Morgan fingerprint density at radius 3 is 2.70 bits per heavy atom. The van der Waals surface area contributed by atoms with E-state index in [1.165, 1.54) is 6.07 Å². The number of hydrogen-bond donors (Lipinski definition) is 2. The van der Waals surface area contributed by atoms with E-state index < -0.39 is 5.82 Å². The lowest BCUT2D eigenvalue weighted by atomic mass is 10.2. The highest BCUT2D eigenvalue weighted by Gasteiger charge is 2.15. The van der Waals surface area contributed by atoms with Gasteiger partial charge in [-0.3, -0.25) is 4.79 Å². The Labute approximate surface area is 118 Å². The molecule has 1 aromatic rings. The van der Waals surface area contributed by atoms with Crippen LogP contribution in [0.2, 0.25) is 0 Å². The van der Waals surface area contributed by atoms with E-state index in [9.17, 15) is 9.18 Å². The first-order valence-corrected chi connectivity index (χ1v) is 6.70. The van der Waals surface area contributed by atoms with Crippen molar-refractivity contribution in [2.24, 2.45) is 0 Å². The molecule has 3 N–H and O–H groups in total. The molecule has 1 aromatic carbocycles. The van der Waals surface area contributed by atoms with Crippen LogP contribution in [0.25, 0.3) is 0 Å². The number of likely N-dealkylation sites (N-methyl/N-ethyl adjacent to an activating group) is 2. The second kappa shape index (κ2) is 7.57. The van der Waals surface area contributed by atoms with Gasteiger partial charge in [0, 0.05) is 25.7 Å². The predicted molar refractivity (Wildman–Crippen MR) is 78.6 cm³/mol. The molecule has 0 atom stereocenters. The highest BCUT2D eigenvalue weighted by molar-refractivity contribution is 5.83. The Morgan fingerprint density at radius 2 is 2.15 bits per heavy atom. The maximum absolute atomic E-state index is 13.7. The van der Waals surface area contributed by atoms with Crippen LogP contribution in [0.15, 0.2) is 12.1 Å². The third-order valence-electron chi connectivity index (χ3n) is 2.88. The molecule has 0 spiro atoms. The van der Waals surface area contributed by atoms with Crippen molar-refractivity contribution >= 4 is 17.3 Å². The van der Waals surface area contributed by atoms with E-state index in [1.807, 2.05) is 13.8 Å². The van der Waals surface area contributed by atoms with Crippen molar-refractivity contribution in [3.8, 4) is 5.75 Å². The van der Waals surface area contributed by atoms with Crippen LogP contribution in [-0.4, -0.2) is 32.7 Å². The van der Waals surface area contributed by atoms with E-state index in [0.717, 1.165) is 6.42 Å². The number of ether oxygens (including phenoxy) is 1. The lowest BCUT2D eigenvalue weighted by Gasteiger charge is -2.24. The number of nitrogens with zero attached hydrogens (tertiary/aromatic N) is 1. The van der Waals surface area contributed by atoms with Gasteiger partial charge in [-0.25, -0.2) is 4.39 Å². The molecule has 0 unspecified atom stereocenters. The van der Waals surface area contributed by atoms with Gasteiger partial charge in [-0.1, -0.05) is 6.92 Å². The molecule has 1 rings (SSSR count). The molecule has 1 amide bonds. The van der Waals surface area contributed by atoms with Crippen LogP contribution < -0.4 is 20.7 Å². The SMILES string of the molecule is CCCOc1cc(N(CC)CC(=O)NC)c(N)cc1F. The zero-order valence-corrected chi connectivity index (χ0v) is 12.2. The molecule has 0 fully saturated rings. The molecule has 5 nitrogen and oxygen atoms in total. The fourth-order valence-electron chi connectivity index (χ4n) is 1.77. The summed E-state index contributed by atoms with van der Waals surface area (Å²) in [6.45, 7) is 5.02. The Bertz CT molecular complexity index is 466. The Morgan fingerprint density at radius 1 is 1.45 bits per heavy atom. The van der Waals surface area contributed by atoms with E-state index in [2.05, 4.69) is 5.32 Å². The van der Waals surface area contributed by atoms with E-state index in [1.54, 1.807) is 18.0 Å². The van der Waals surface area contributed by atoms with Gasteiger partial charge in [-0.05, 0) is 13.3 Å². The number of amides is 1. The summed E-state index contributed by atoms with van der Waals surface area (Å²) in [7, 11) is 1.57. The summed E-state index contributed by atoms with van der Waals surface area (Å²) in [5.74, 6) is -0.464. The van der Waals surface area contributed by atoms with Gasteiger partial charge in [0.15, 0.2) is 11.6 Å². The zero-order chi connectivity index (χ0) is 15.1. The summed E-state index contributed by atoms with van der Waals surface area (Å²) in [5.41, 5.74) is 6.73. The van der Waals surface area contributed by atoms with Crippen LogP contribution in [0.4, 0.5) is 15.8 Å². The van der Waals surface area contributed by atoms with E-state index >= 15 is 0 Å². The van der Waals surface area contributed by atoms with Crippen molar-refractivity contribution in [3.63, 3.8) is 0 Å². The molecular weight excluding hydrogens is 261 g/mol. The maximum Gasteiger partial charge on any atom is 0.239 e. The lowest BCUT2D eigenvalue weighted by molar-refractivity contribution is -0.119.